The number of alkyl halides is 3. The molecule has 0 saturated heterocycles. The number of rotatable bonds is 8. The predicted molar refractivity (Wildman–Crippen MR) is 128 cm³/mol. The molecule has 0 saturated carbocycles. The van der Waals surface area contributed by atoms with Crippen molar-refractivity contribution in [2.45, 2.75) is 6.18 Å². The molecule has 36 heavy (non-hydrogen) atoms. The molecule has 186 valence electrons. The molecule has 0 radical (unpaired) electrons. The largest absolute Gasteiger partial charge is 0.497 e. The molecule has 1 aromatic heterocycles. The van der Waals surface area contributed by atoms with Gasteiger partial charge in [0.2, 0.25) is 0 Å². The van der Waals surface area contributed by atoms with Crippen molar-refractivity contribution < 1.29 is 32.2 Å². The smallest absolute Gasteiger partial charge is 0.422 e. The average Bonchev–Trinajstić information content (AvgIpc) is 3.33. The quantitative estimate of drug-likeness (QED) is 0.336. The van der Waals surface area contributed by atoms with Gasteiger partial charge in [-0.15, -0.1) is 0 Å². The fourth-order valence-corrected chi connectivity index (χ4v) is 3.47. The molecule has 0 aliphatic rings. The van der Waals surface area contributed by atoms with Gasteiger partial charge in [0, 0.05) is 29.6 Å². The molecule has 0 unspecified atom stereocenters. The van der Waals surface area contributed by atoms with E-state index in [0.717, 1.165) is 5.69 Å². The molecule has 0 aliphatic carbocycles. The number of aromatic nitrogens is 2. The van der Waals surface area contributed by atoms with E-state index >= 15 is 0 Å². The second kappa shape index (κ2) is 10.4. The third-order valence-electron chi connectivity index (χ3n) is 5.14. The van der Waals surface area contributed by atoms with Gasteiger partial charge in [-0.3, -0.25) is 4.79 Å². The number of amides is 1. The van der Waals surface area contributed by atoms with E-state index in [-0.39, 0.29) is 17.0 Å². The minimum atomic E-state index is -4.47. The van der Waals surface area contributed by atoms with Crippen molar-refractivity contribution >= 4 is 11.6 Å². The first-order valence-electron chi connectivity index (χ1n) is 10.8. The lowest BCUT2D eigenvalue weighted by atomic mass is 10.1. The number of carbonyl (C=O) groups excluding carboxylic acids is 1. The van der Waals surface area contributed by atoms with Crippen LogP contribution in [0.5, 0.6) is 17.2 Å². The van der Waals surface area contributed by atoms with E-state index in [1.165, 1.54) is 32.4 Å². The maximum absolute atomic E-state index is 13.4. The lowest BCUT2D eigenvalue weighted by Crippen LogP contribution is -2.19. The van der Waals surface area contributed by atoms with Gasteiger partial charge in [0.1, 0.15) is 22.9 Å². The third-order valence-corrected chi connectivity index (χ3v) is 5.14. The van der Waals surface area contributed by atoms with E-state index in [0.29, 0.717) is 22.8 Å². The highest BCUT2D eigenvalue weighted by molar-refractivity contribution is 6.08. The number of hydrogen-bond acceptors (Lipinski definition) is 5. The SMILES string of the molecule is COc1ccc(-c2nn(-c3ccccc3)cc2C(=O)Nc2cccc(OCC(F)(F)F)c2)c(OC)c1. The fourth-order valence-electron chi connectivity index (χ4n) is 3.47. The monoisotopic (exact) mass is 497 g/mol. The molecule has 4 rings (SSSR count). The second-order valence-corrected chi connectivity index (χ2v) is 7.62. The molecule has 3 aromatic carbocycles. The second-order valence-electron chi connectivity index (χ2n) is 7.62. The maximum Gasteiger partial charge on any atom is 0.422 e. The highest BCUT2D eigenvalue weighted by atomic mass is 19.4. The lowest BCUT2D eigenvalue weighted by Gasteiger charge is -2.12. The first-order valence-corrected chi connectivity index (χ1v) is 10.8. The average molecular weight is 497 g/mol. The summed E-state index contributed by atoms with van der Waals surface area (Å²) in [5, 5.41) is 7.35. The molecule has 10 heteroatoms. The predicted octanol–water partition coefficient (Wildman–Crippen LogP) is 5.75. The molecule has 1 amide bonds. The van der Waals surface area contributed by atoms with Crippen LogP contribution in [0.3, 0.4) is 0 Å². The first-order chi connectivity index (χ1) is 17.3. The summed E-state index contributed by atoms with van der Waals surface area (Å²) in [6, 6.07) is 20.1. The Morgan fingerprint density at radius 1 is 0.944 bits per heavy atom. The van der Waals surface area contributed by atoms with Gasteiger partial charge < -0.3 is 19.5 Å². The van der Waals surface area contributed by atoms with Gasteiger partial charge in [-0.1, -0.05) is 24.3 Å². The Morgan fingerprint density at radius 3 is 2.42 bits per heavy atom. The number of hydrogen-bond donors (Lipinski definition) is 1. The number of nitrogens with one attached hydrogen (secondary N) is 1. The first kappa shape index (κ1) is 24.6. The van der Waals surface area contributed by atoms with Crippen LogP contribution in [0.15, 0.2) is 79.0 Å². The normalized spacial score (nSPS) is 11.1. The van der Waals surface area contributed by atoms with Crippen molar-refractivity contribution in [3.63, 3.8) is 0 Å². The molecule has 4 aromatic rings. The Morgan fingerprint density at radius 2 is 1.72 bits per heavy atom. The van der Waals surface area contributed by atoms with Crippen LogP contribution in [0.2, 0.25) is 0 Å². The van der Waals surface area contributed by atoms with Crippen LogP contribution in [0.1, 0.15) is 10.4 Å². The molecular formula is C26H22F3N3O4. The van der Waals surface area contributed by atoms with Gasteiger partial charge in [-0.05, 0) is 36.4 Å². The molecule has 0 atom stereocenters. The molecule has 0 spiro atoms. The molecule has 1 N–H and O–H groups in total. The van der Waals surface area contributed by atoms with Gasteiger partial charge in [0.15, 0.2) is 6.61 Å². The van der Waals surface area contributed by atoms with Crippen LogP contribution in [-0.2, 0) is 0 Å². The minimum Gasteiger partial charge on any atom is -0.497 e. The van der Waals surface area contributed by atoms with E-state index in [4.69, 9.17) is 14.2 Å². The Kier molecular flexibility index (Phi) is 7.14. The van der Waals surface area contributed by atoms with E-state index < -0.39 is 18.7 Å². The van der Waals surface area contributed by atoms with Crippen LogP contribution < -0.4 is 19.5 Å². The standard InChI is InChI=1S/C26H22F3N3O4/c1-34-19-11-12-21(23(14-19)35-2)24-22(15-32(31-24)18-8-4-3-5-9-18)25(33)30-17-7-6-10-20(13-17)36-16-26(27,28)29/h3-15H,16H2,1-2H3,(H,30,33). The number of carbonyl (C=O) groups is 1. The van der Waals surface area contributed by atoms with Gasteiger partial charge in [-0.2, -0.15) is 18.3 Å². The van der Waals surface area contributed by atoms with Gasteiger partial charge in [0.25, 0.3) is 5.91 Å². The van der Waals surface area contributed by atoms with E-state index in [1.807, 2.05) is 30.3 Å². The van der Waals surface area contributed by atoms with Gasteiger partial charge >= 0.3 is 6.18 Å². The zero-order chi connectivity index (χ0) is 25.7. The summed E-state index contributed by atoms with van der Waals surface area (Å²) < 4.78 is 54.7. The van der Waals surface area contributed by atoms with Crippen molar-refractivity contribution in [2.75, 3.05) is 26.1 Å². The third kappa shape index (κ3) is 5.77. The summed E-state index contributed by atoms with van der Waals surface area (Å²) in [5.74, 6) is 0.476. The van der Waals surface area contributed by atoms with Crippen molar-refractivity contribution in [3.05, 3.63) is 84.6 Å². The number of nitrogens with zero attached hydrogens (tertiary/aromatic N) is 2. The van der Waals surface area contributed by atoms with Crippen LogP contribution in [0.4, 0.5) is 18.9 Å². The van der Waals surface area contributed by atoms with E-state index in [2.05, 4.69) is 10.4 Å². The zero-order valence-electron chi connectivity index (χ0n) is 19.4. The van der Waals surface area contributed by atoms with Crippen LogP contribution in [-0.4, -0.2) is 42.7 Å². The van der Waals surface area contributed by atoms with E-state index in [1.54, 1.807) is 35.1 Å². The summed E-state index contributed by atoms with van der Waals surface area (Å²) in [4.78, 5) is 13.4. The summed E-state index contributed by atoms with van der Waals surface area (Å²) in [6.45, 7) is -1.43. The molecular weight excluding hydrogens is 475 g/mol. The maximum atomic E-state index is 13.4. The Bertz CT molecular complexity index is 1350. The number of anilines is 1. The Labute approximate surface area is 205 Å². The van der Waals surface area contributed by atoms with Crippen LogP contribution in [0.25, 0.3) is 16.9 Å². The van der Waals surface area contributed by atoms with Gasteiger partial charge in [0.05, 0.1) is 25.5 Å². The number of ether oxygens (including phenoxy) is 3. The molecule has 0 aliphatic heterocycles. The van der Waals surface area contributed by atoms with Crippen molar-refractivity contribution in [3.8, 4) is 34.2 Å². The number of halogens is 3. The summed E-state index contributed by atoms with van der Waals surface area (Å²) in [5.41, 5.74) is 2.12. The van der Waals surface area contributed by atoms with Crippen molar-refractivity contribution in [1.82, 2.24) is 9.78 Å². The molecule has 7 nitrogen and oxygen atoms in total. The minimum absolute atomic E-state index is 0.0258. The summed E-state index contributed by atoms with van der Waals surface area (Å²) in [7, 11) is 3.03. The molecule has 0 fully saturated rings. The number of methoxy groups -OCH3 is 2. The molecule has 0 bridgehead atoms. The highest BCUT2D eigenvalue weighted by Crippen LogP contribution is 2.35. The van der Waals surface area contributed by atoms with Crippen molar-refractivity contribution in [1.29, 1.82) is 0 Å². The van der Waals surface area contributed by atoms with Crippen LogP contribution >= 0.6 is 0 Å². The Balaban J connectivity index is 1.70. The van der Waals surface area contributed by atoms with Crippen LogP contribution in [0, 0.1) is 0 Å². The molecule has 1 heterocycles. The number of benzene rings is 3. The van der Waals surface area contributed by atoms with Crippen molar-refractivity contribution in [2.24, 2.45) is 0 Å². The highest BCUT2D eigenvalue weighted by Gasteiger charge is 2.28. The topological polar surface area (TPSA) is 74.6 Å². The summed E-state index contributed by atoms with van der Waals surface area (Å²) >= 11 is 0. The Hall–Kier alpha value is -4.47. The zero-order valence-corrected chi connectivity index (χ0v) is 19.4. The summed E-state index contributed by atoms with van der Waals surface area (Å²) in [6.07, 6.45) is -2.90. The lowest BCUT2D eigenvalue weighted by molar-refractivity contribution is -0.153. The number of para-hydroxylation sites is 1. The van der Waals surface area contributed by atoms with Gasteiger partial charge in [-0.25, -0.2) is 4.68 Å². The fraction of sp³-hybridized carbons (Fsp3) is 0.154. The van der Waals surface area contributed by atoms with E-state index in [9.17, 15) is 18.0 Å².